The van der Waals surface area contributed by atoms with E-state index in [0.29, 0.717) is 6.61 Å². The first-order valence-corrected chi connectivity index (χ1v) is 3.61. The van der Waals surface area contributed by atoms with Gasteiger partial charge in [-0.2, -0.15) is 0 Å². The number of nitrogens with two attached hydrogens (primary N) is 1. The number of aryl methyl sites for hydroxylation is 2. The molecule has 0 radical (unpaired) electrons. The molecule has 0 fully saturated rings. The van der Waals surface area contributed by atoms with Gasteiger partial charge in [-0.3, -0.25) is 4.84 Å². The second kappa shape index (κ2) is 5.14. The molecular weight excluding hydrogens is 174 g/mol. The lowest BCUT2D eigenvalue weighted by Crippen LogP contribution is -1.99. The SMILES string of the molecule is Cc1cc(C)cc(CON)c1.Cl. The van der Waals surface area contributed by atoms with Gasteiger partial charge in [0.15, 0.2) is 0 Å². The molecule has 0 aromatic heterocycles. The Balaban J connectivity index is 0.00000121. The summed E-state index contributed by atoms with van der Waals surface area (Å²) >= 11 is 0. The van der Waals surface area contributed by atoms with Crippen molar-refractivity contribution in [2.45, 2.75) is 20.5 Å². The van der Waals surface area contributed by atoms with Crippen LogP contribution >= 0.6 is 12.4 Å². The quantitative estimate of drug-likeness (QED) is 0.720. The fraction of sp³-hybridized carbons (Fsp3) is 0.333. The predicted octanol–water partition coefficient (Wildman–Crippen LogP) is 2.12. The van der Waals surface area contributed by atoms with Gasteiger partial charge in [0.1, 0.15) is 0 Å². The molecule has 1 aromatic carbocycles. The van der Waals surface area contributed by atoms with E-state index in [0.717, 1.165) is 5.56 Å². The monoisotopic (exact) mass is 187 g/mol. The molecule has 68 valence electrons. The van der Waals surface area contributed by atoms with Crippen LogP contribution in [0.4, 0.5) is 0 Å². The van der Waals surface area contributed by atoms with Crippen LogP contribution in [0.3, 0.4) is 0 Å². The molecule has 0 aliphatic rings. The third-order valence-corrected chi connectivity index (χ3v) is 1.53. The van der Waals surface area contributed by atoms with Crippen LogP contribution in [0.25, 0.3) is 0 Å². The standard InChI is InChI=1S/C9H13NO.ClH/c1-7-3-8(2)5-9(4-7)6-11-10;/h3-5H,6,10H2,1-2H3;1H. The zero-order valence-electron chi connectivity index (χ0n) is 7.33. The van der Waals surface area contributed by atoms with Gasteiger partial charge in [0, 0.05) is 0 Å². The Hall–Kier alpha value is -0.570. The van der Waals surface area contributed by atoms with Crippen molar-refractivity contribution in [2.75, 3.05) is 0 Å². The average Bonchev–Trinajstić information content (AvgIpc) is 1.85. The highest BCUT2D eigenvalue weighted by atomic mass is 35.5. The van der Waals surface area contributed by atoms with Crippen LogP contribution in [-0.4, -0.2) is 0 Å². The van der Waals surface area contributed by atoms with Crippen molar-refractivity contribution in [2.24, 2.45) is 5.90 Å². The van der Waals surface area contributed by atoms with Gasteiger partial charge in [0.25, 0.3) is 0 Å². The Morgan fingerprint density at radius 1 is 1.17 bits per heavy atom. The van der Waals surface area contributed by atoms with Crippen LogP contribution in [-0.2, 0) is 11.4 Å². The number of halogens is 1. The van der Waals surface area contributed by atoms with E-state index in [4.69, 9.17) is 5.90 Å². The highest BCUT2D eigenvalue weighted by Crippen LogP contribution is 2.08. The molecule has 1 rings (SSSR count). The number of rotatable bonds is 2. The molecule has 0 aliphatic heterocycles. The Bertz CT molecular complexity index is 230. The summed E-state index contributed by atoms with van der Waals surface area (Å²) in [5.41, 5.74) is 3.62. The molecule has 0 unspecified atom stereocenters. The van der Waals surface area contributed by atoms with Gasteiger partial charge in [-0.25, -0.2) is 5.90 Å². The fourth-order valence-electron chi connectivity index (χ4n) is 1.25. The van der Waals surface area contributed by atoms with E-state index < -0.39 is 0 Å². The van der Waals surface area contributed by atoms with Crippen molar-refractivity contribution in [1.82, 2.24) is 0 Å². The van der Waals surface area contributed by atoms with Crippen molar-refractivity contribution in [3.63, 3.8) is 0 Å². The van der Waals surface area contributed by atoms with E-state index >= 15 is 0 Å². The van der Waals surface area contributed by atoms with Gasteiger partial charge in [0.2, 0.25) is 0 Å². The van der Waals surface area contributed by atoms with E-state index in [1.807, 2.05) is 0 Å². The maximum absolute atomic E-state index is 4.96. The van der Waals surface area contributed by atoms with Crippen molar-refractivity contribution >= 4 is 12.4 Å². The largest absolute Gasteiger partial charge is 0.300 e. The van der Waals surface area contributed by atoms with E-state index in [2.05, 4.69) is 36.9 Å². The second-order valence-corrected chi connectivity index (χ2v) is 2.81. The van der Waals surface area contributed by atoms with E-state index in [-0.39, 0.29) is 12.4 Å². The van der Waals surface area contributed by atoms with Gasteiger partial charge >= 0.3 is 0 Å². The van der Waals surface area contributed by atoms with Gasteiger partial charge in [-0.05, 0) is 19.4 Å². The van der Waals surface area contributed by atoms with Crippen molar-refractivity contribution < 1.29 is 4.84 Å². The molecular formula is C9H14ClNO. The molecule has 0 heterocycles. The summed E-state index contributed by atoms with van der Waals surface area (Å²) in [7, 11) is 0. The lowest BCUT2D eigenvalue weighted by atomic mass is 10.1. The van der Waals surface area contributed by atoms with Crippen molar-refractivity contribution in [3.05, 3.63) is 34.9 Å². The maximum atomic E-state index is 4.96. The molecule has 0 saturated heterocycles. The van der Waals surface area contributed by atoms with Crippen LogP contribution in [0.5, 0.6) is 0 Å². The molecule has 0 aliphatic carbocycles. The lowest BCUT2D eigenvalue weighted by molar-refractivity contribution is 0.124. The fourth-order valence-corrected chi connectivity index (χ4v) is 1.25. The molecule has 0 amide bonds. The van der Waals surface area contributed by atoms with Crippen LogP contribution in [0, 0.1) is 13.8 Å². The van der Waals surface area contributed by atoms with E-state index in [9.17, 15) is 0 Å². The number of hydrogen-bond acceptors (Lipinski definition) is 2. The summed E-state index contributed by atoms with van der Waals surface area (Å²) in [6.45, 7) is 4.61. The van der Waals surface area contributed by atoms with Crippen LogP contribution < -0.4 is 5.90 Å². The zero-order valence-corrected chi connectivity index (χ0v) is 8.15. The molecule has 0 spiro atoms. The van der Waals surface area contributed by atoms with Crippen LogP contribution in [0.1, 0.15) is 16.7 Å². The second-order valence-electron chi connectivity index (χ2n) is 2.81. The average molecular weight is 188 g/mol. The van der Waals surface area contributed by atoms with Gasteiger partial charge in [-0.1, -0.05) is 29.3 Å². The van der Waals surface area contributed by atoms with E-state index in [1.54, 1.807) is 0 Å². The Kier molecular flexibility index (Phi) is 4.90. The Morgan fingerprint density at radius 2 is 1.67 bits per heavy atom. The molecule has 2 N–H and O–H groups in total. The molecule has 0 bridgehead atoms. The highest BCUT2D eigenvalue weighted by molar-refractivity contribution is 5.85. The predicted molar refractivity (Wildman–Crippen MR) is 52.1 cm³/mol. The lowest BCUT2D eigenvalue weighted by Gasteiger charge is -2.02. The van der Waals surface area contributed by atoms with Gasteiger partial charge in [0.05, 0.1) is 6.61 Å². The minimum Gasteiger partial charge on any atom is -0.300 e. The molecule has 0 saturated carbocycles. The minimum absolute atomic E-state index is 0. The summed E-state index contributed by atoms with van der Waals surface area (Å²) < 4.78 is 0. The third kappa shape index (κ3) is 3.22. The molecule has 2 nitrogen and oxygen atoms in total. The molecule has 3 heteroatoms. The Labute approximate surface area is 79.1 Å². The maximum Gasteiger partial charge on any atom is 0.0930 e. The topological polar surface area (TPSA) is 35.2 Å². The number of hydrogen-bond donors (Lipinski definition) is 1. The smallest absolute Gasteiger partial charge is 0.0930 e. The third-order valence-electron chi connectivity index (χ3n) is 1.53. The molecule has 12 heavy (non-hydrogen) atoms. The normalized spacial score (nSPS) is 9.25. The Morgan fingerprint density at radius 3 is 2.08 bits per heavy atom. The summed E-state index contributed by atoms with van der Waals surface area (Å²) in [5, 5.41) is 0. The zero-order chi connectivity index (χ0) is 8.27. The first kappa shape index (κ1) is 11.4. The summed E-state index contributed by atoms with van der Waals surface area (Å²) in [5.74, 6) is 4.96. The molecule has 1 aromatic rings. The summed E-state index contributed by atoms with van der Waals surface area (Å²) in [6.07, 6.45) is 0. The van der Waals surface area contributed by atoms with Crippen LogP contribution in [0.2, 0.25) is 0 Å². The van der Waals surface area contributed by atoms with Gasteiger partial charge in [-0.15, -0.1) is 12.4 Å². The summed E-state index contributed by atoms with van der Waals surface area (Å²) in [6, 6.07) is 6.26. The van der Waals surface area contributed by atoms with Crippen LogP contribution in [0.15, 0.2) is 18.2 Å². The molecule has 0 atom stereocenters. The van der Waals surface area contributed by atoms with E-state index in [1.165, 1.54) is 11.1 Å². The van der Waals surface area contributed by atoms with Crippen molar-refractivity contribution in [1.29, 1.82) is 0 Å². The first-order valence-electron chi connectivity index (χ1n) is 3.61. The summed E-state index contributed by atoms with van der Waals surface area (Å²) in [4.78, 5) is 4.54. The van der Waals surface area contributed by atoms with Crippen molar-refractivity contribution in [3.8, 4) is 0 Å². The number of benzene rings is 1. The van der Waals surface area contributed by atoms with Gasteiger partial charge < -0.3 is 0 Å². The highest BCUT2D eigenvalue weighted by Gasteiger charge is 1.94. The minimum atomic E-state index is 0. The first-order chi connectivity index (χ1) is 5.22.